The van der Waals surface area contributed by atoms with Gasteiger partial charge >= 0.3 is 0 Å². The molecule has 1 heterocycles. The average Bonchev–Trinajstić information content (AvgIpc) is 2.27. The lowest BCUT2D eigenvalue weighted by Crippen LogP contribution is -2.49. The summed E-state index contributed by atoms with van der Waals surface area (Å²) in [5.74, 6) is 1.20. The van der Waals surface area contributed by atoms with Crippen LogP contribution in [0.25, 0.3) is 0 Å². The third kappa shape index (κ3) is 2.56. The Morgan fingerprint density at radius 1 is 1.27 bits per heavy atom. The van der Waals surface area contributed by atoms with E-state index in [1.807, 2.05) is 25.8 Å². The van der Waals surface area contributed by atoms with Crippen LogP contribution in [0.3, 0.4) is 0 Å². The fraction of sp³-hybridized carbons (Fsp3) is 0.917. The minimum atomic E-state index is 0.301. The zero-order valence-electron chi connectivity index (χ0n) is 10.2. The van der Waals surface area contributed by atoms with Crippen molar-refractivity contribution in [2.45, 2.75) is 57.8 Å². The zero-order chi connectivity index (χ0) is 11.4. The standard InChI is InChI=1S/C10H16BNO.C2H6/c1-12-9-4-2-3-8(11)7(9)5-6-10(12)13;1-2/h7-9H,2-6H2,1H3;1-2H3. The Labute approximate surface area is 94.8 Å². The molecule has 2 aliphatic rings. The van der Waals surface area contributed by atoms with Crippen LogP contribution in [0.1, 0.15) is 46.0 Å². The van der Waals surface area contributed by atoms with Crippen LogP contribution in [-0.4, -0.2) is 31.7 Å². The maximum Gasteiger partial charge on any atom is 0.222 e. The predicted octanol–water partition coefficient (Wildman–Crippen LogP) is 2.39. The number of piperidine rings is 1. The molecule has 0 aromatic carbocycles. The second-order valence-electron chi connectivity index (χ2n) is 4.37. The van der Waals surface area contributed by atoms with E-state index < -0.39 is 0 Å². The molecule has 1 aliphatic carbocycles. The molecule has 3 unspecified atom stereocenters. The van der Waals surface area contributed by atoms with Gasteiger partial charge in [0.15, 0.2) is 0 Å². The van der Waals surface area contributed by atoms with Gasteiger partial charge in [0.1, 0.15) is 0 Å². The van der Waals surface area contributed by atoms with Gasteiger partial charge in [-0.15, -0.1) is 0 Å². The van der Waals surface area contributed by atoms with Crippen LogP contribution in [0.5, 0.6) is 0 Å². The number of fused-ring (bicyclic) bond motifs is 1. The van der Waals surface area contributed by atoms with Gasteiger partial charge < -0.3 is 4.90 Å². The fourth-order valence-corrected chi connectivity index (χ4v) is 2.81. The zero-order valence-corrected chi connectivity index (χ0v) is 10.2. The lowest BCUT2D eigenvalue weighted by molar-refractivity contribution is -0.137. The maximum atomic E-state index is 11.4. The summed E-state index contributed by atoms with van der Waals surface area (Å²) in [6.45, 7) is 4.00. The van der Waals surface area contributed by atoms with E-state index >= 15 is 0 Å². The molecule has 1 amide bonds. The van der Waals surface area contributed by atoms with Crippen molar-refractivity contribution in [1.82, 2.24) is 4.90 Å². The minimum absolute atomic E-state index is 0.301. The van der Waals surface area contributed by atoms with Crippen molar-refractivity contribution in [1.29, 1.82) is 0 Å². The SMILES string of the molecule is CC.[B]C1CCCC2C1CCC(=O)N2C. The highest BCUT2D eigenvalue weighted by molar-refractivity contribution is 6.12. The van der Waals surface area contributed by atoms with Crippen LogP contribution in [-0.2, 0) is 4.79 Å². The van der Waals surface area contributed by atoms with Gasteiger partial charge in [0, 0.05) is 19.5 Å². The molecule has 0 bridgehead atoms. The second kappa shape index (κ2) is 5.57. The van der Waals surface area contributed by atoms with Gasteiger partial charge in [-0.25, -0.2) is 0 Å². The van der Waals surface area contributed by atoms with Crippen LogP contribution < -0.4 is 0 Å². The van der Waals surface area contributed by atoms with Gasteiger partial charge in [-0.1, -0.05) is 32.5 Å². The lowest BCUT2D eigenvalue weighted by atomic mass is 9.63. The Kier molecular flexibility index (Phi) is 4.68. The Morgan fingerprint density at radius 2 is 1.93 bits per heavy atom. The summed E-state index contributed by atoms with van der Waals surface area (Å²) in [6, 6.07) is 0.435. The molecular weight excluding hydrogens is 185 g/mol. The van der Waals surface area contributed by atoms with Gasteiger partial charge in [0.2, 0.25) is 5.91 Å². The van der Waals surface area contributed by atoms with E-state index in [0.29, 0.717) is 30.1 Å². The fourth-order valence-electron chi connectivity index (χ4n) is 2.81. The quantitative estimate of drug-likeness (QED) is 0.558. The summed E-state index contributed by atoms with van der Waals surface area (Å²) >= 11 is 0. The summed E-state index contributed by atoms with van der Waals surface area (Å²) in [7, 11) is 7.99. The third-order valence-corrected chi connectivity index (χ3v) is 3.66. The molecule has 0 aromatic heterocycles. The maximum absolute atomic E-state index is 11.4. The molecule has 1 saturated heterocycles. The van der Waals surface area contributed by atoms with Gasteiger partial charge in [0.05, 0.1) is 7.85 Å². The summed E-state index contributed by atoms with van der Waals surface area (Å²) in [5, 5.41) is 0. The number of nitrogens with zero attached hydrogens (tertiary/aromatic N) is 1. The number of hydrogen-bond acceptors (Lipinski definition) is 1. The Bertz CT molecular complexity index is 220. The van der Waals surface area contributed by atoms with E-state index in [4.69, 9.17) is 7.85 Å². The number of likely N-dealkylation sites (tertiary alicyclic amines) is 1. The lowest BCUT2D eigenvalue weighted by Gasteiger charge is -2.45. The van der Waals surface area contributed by atoms with Crippen molar-refractivity contribution in [3.8, 4) is 0 Å². The highest BCUT2D eigenvalue weighted by Gasteiger charge is 2.37. The molecule has 0 spiro atoms. The Morgan fingerprint density at radius 3 is 2.60 bits per heavy atom. The van der Waals surface area contributed by atoms with Crippen molar-refractivity contribution in [2.24, 2.45) is 5.92 Å². The number of hydrogen-bond donors (Lipinski definition) is 0. The van der Waals surface area contributed by atoms with Crippen LogP contribution in [0.2, 0.25) is 5.82 Å². The molecule has 0 N–H and O–H groups in total. The van der Waals surface area contributed by atoms with E-state index in [1.54, 1.807) is 0 Å². The molecule has 3 heteroatoms. The van der Waals surface area contributed by atoms with Gasteiger partial charge in [-0.2, -0.15) is 0 Å². The van der Waals surface area contributed by atoms with Crippen molar-refractivity contribution in [2.75, 3.05) is 7.05 Å². The average molecular weight is 207 g/mol. The Hall–Kier alpha value is -0.465. The van der Waals surface area contributed by atoms with Crippen molar-refractivity contribution in [3.63, 3.8) is 0 Å². The number of carbonyl (C=O) groups is 1. The van der Waals surface area contributed by atoms with Crippen LogP contribution >= 0.6 is 0 Å². The highest BCUT2D eigenvalue weighted by atomic mass is 16.2. The molecule has 2 rings (SSSR count). The number of rotatable bonds is 0. The summed E-state index contributed by atoms with van der Waals surface area (Å²) in [5.41, 5.74) is 0. The Balaban J connectivity index is 0.000000531. The first kappa shape index (κ1) is 12.6. The van der Waals surface area contributed by atoms with E-state index in [9.17, 15) is 4.79 Å². The van der Waals surface area contributed by atoms with Crippen molar-refractivity contribution in [3.05, 3.63) is 0 Å². The monoisotopic (exact) mass is 207 g/mol. The molecule has 2 nitrogen and oxygen atoms in total. The summed E-state index contributed by atoms with van der Waals surface area (Å²) in [4.78, 5) is 13.4. The smallest absolute Gasteiger partial charge is 0.222 e. The highest BCUT2D eigenvalue weighted by Crippen LogP contribution is 2.40. The van der Waals surface area contributed by atoms with E-state index in [-0.39, 0.29) is 0 Å². The third-order valence-electron chi connectivity index (χ3n) is 3.66. The van der Waals surface area contributed by atoms with E-state index in [2.05, 4.69) is 0 Å². The van der Waals surface area contributed by atoms with Gasteiger partial charge in [-0.3, -0.25) is 4.79 Å². The number of amides is 1. The van der Waals surface area contributed by atoms with Crippen LogP contribution in [0.15, 0.2) is 0 Å². The molecule has 15 heavy (non-hydrogen) atoms. The topological polar surface area (TPSA) is 20.3 Å². The van der Waals surface area contributed by atoms with Crippen molar-refractivity contribution >= 4 is 13.8 Å². The molecule has 1 aliphatic heterocycles. The molecule has 2 radical (unpaired) electrons. The normalized spacial score (nSPS) is 35.3. The molecule has 2 fully saturated rings. The van der Waals surface area contributed by atoms with Crippen LogP contribution in [0.4, 0.5) is 0 Å². The van der Waals surface area contributed by atoms with Gasteiger partial charge in [-0.05, 0) is 18.8 Å². The van der Waals surface area contributed by atoms with Gasteiger partial charge in [0.25, 0.3) is 0 Å². The molecule has 84 valence electrons. The summed E-state index contributed by atoms with van der Waals surface area (Å²) in [6.07, 6.45) is 5.18. The van der Waals surface area contributed by atoms with E-state index in [0.717, 1.165) is 19.3 Å². The second-order valence-corrected chi connectivity index (χ2v) is 4.37. The first-order chi connectivity index (χ1) is 7.20. The molecule has 3 atom stereocenters. The minimum Gasteiger partial charge on any atom is -0.343 e. The largest absolute Gasteiger partial charge is 0.343 e. The predicted molar refractivity (Wildman–Crippen MR) is 64.0 cm³/mol. The molecule has 0 aromatic rings. The first-order valence-corrected chi connectivity index (χ1v) is 6.21. The summed E-state index contributed by atoms with van der Waals surface area (Å²) < 4.78 is 0. The molecular formula is C12H22BNO. The number of carbonyl (C=O) groups excluding carboxylic acids is 1. The first-order valence-electron chi connectivity index (χ1n) is 6.21. The molecule has 1 saturated carbocycles. The van der Waals surface area contributed by atoms with Crippen molar-refractivity contribution < 1.29 is 4.79 Å². The van der Waals surface area contributed by atoms with E-state index in [1.165, 1.54) is 6.42 Å². The van der Waals surface area contributed by atoms with Crippen LogP contribution in [0, 0.1) is 5.92 Å².